The summed E-state index contributed by atoms with van der Waals surface area (Å²) in [5.41, 5.74) is 3.34. The van der Waals surface area contributed by atoms with Gasteiger partial charge in [0.15, 0.2) is 0 Å². The summed E-state index contributed by atoms with van der Waals surface area (Å²) in [5, 5.41) is 2.87. The summed E-state index contributed by atoms with van der Waals surface area (Å²) in [4.78, 5) is 13.5. The third-order valence-electron chi connectivity index (χ3n) is 4.54. The van der Waals surface area contributed by atoms with E-state index in [-0.39, 0.29) is 23.4 Å². The first-order valence-corrected chi connectivity index (χ1v) is 11.3. The monoisotopic (exact) mass is 406 g/mol. The molecular weight excluding hydrogens is 380 g/mol. The quantitative estimate of drug-likeness (QED) is 0.715. The molecule has 0 saturated carbocycles. The lowest BCUT2D eigenvalue weighted by molar-refractivity contribution is -0.121. The third kappa shape index (κ3) is 5.34. The number of carbonyl (C=O) groups excluding carboxylic acids is 1. The highest BCUT2D eigenvalue weighted by molar-refractivity contribution is 7.98. The van der Waals surface area contributed by atoms with Crippen molar-refractivity contribution in [3.05, 3.63) is 59.2 Å². The van der Waals surface area contributed by atoms with E-state index >= 15 is 0 Å². The lowest BCUT2D eigenvalue weighted by Crippen LogP contribution is -2.39. The van der Waals surface area contributed by atoms with Gasteiger partial charge in [-0.3, -0.25) is 4.79 Å². The number of benzene rings is 2. The van der Waals surface area contributed by atoms with Gasteiger partial charge in [0.2, 0.25) is 15.9 Å². The average Bonchev–Trinajstić information content (AvgIpc) is 2.63. The van der Waals surface area contributed by atoms with Crippen molar-refractivity contribution in [1.29, 1.82) is 0 Å². The number of sulfonamides is 1. The number of hydrogen-bond acceptors (Lipinski definition) is 4. The van der Waals surface area contributed by atoms with Crippen LogP contribution >= 0.6 is 11.8 Å². The highest BCUT2D eigenvalue weighted by atomic mass is 32.2. The van der Waals surface area contributed by atoms with Crippen molar-refractivity contribution in [3.8, 4) is 0 Å². The van der Waals surface area contributed by atoms with Crippen molar-refractivity contribution in [1.82, 2.24) is 9.62 Å². The molecule has 0 aromatic heterocycles. The number of likely N-dealkylation sites (N-methyl/N-ethyl adjacent to an activating group) is 1. The SMILES string of the molecule is CSc1ccc(S(=O)(=O)N(C)CC(=O)N[C@@H](C)c2ccc(C)c(C)c2)cc1. The van der Waals surface area contributed by atoms with Gasteiger partial charge in [-0.05, 0) is 68.0 Å². The smallest absolute Gasteiger partial charge is 0.243 e. The second-order valence-electron chi connectivity index (χ2n) is 6.57. The van der Waals surface area contributed by atoms with Gasteiger partial charge in [-0.25, -0.2) is 8.42 Å². The second-order valence-corrected chi connectivity index (χ2v) is 9.49. The van der Waals surface area contributed by atoms with Gasteiger partial charge >= 0.3 is 0 Å². The minimum absolute atomic E-state index is 0.179. The molecule has 0 saturated heterocycles. The van der Waals surface area contributed by atoms with Crippen molar-refractivity contribution in [2.75, 3.05) is 19.8 Å². The highest BCUT2D eigenvalue weighted by Crippen LogP contribution is 2.20. The van der Waals surface area contributed by atoms with Crippen LogP contribution in [0, 0.1) is 13.8 Å². The Hall–Kier alpha value is -1.83. The Morgan fingerprint density at radius 1 is 1.11 bits per heavy atom. The van der Waals surface area contributed by atoms with E-state index < -0.39 is 10.0 Å². The Labute approximate surface area is 166 Å². The fraction of sp³-hybridized carbons (Fsp3) is 0.350. The fourth-order valence-electron chi connectivity index (χ4n) is 2.62. The van der Waals surface area contributed by atoms with Crippen molar-refractivity contribution >= 4 is 27.7 Å². The number of nitrogens with one attached hydrogen (secondary N) is 1. The molecule has 1 N–H and O–H groups in total. The van der Waals surface area contributed by atoms with Crippen LogP contribution in [0.4, 0.5) is 0 Å². The standard InChI is InChI=1S/C20H26N2O3S2/c1-14-6-7-17(12-15(14)2)16(3)21-20(23)13-22(4)27(24,25)19-10-8-18(26-5)9-11-19/h6-12,16H,13H2,1-5H3,(H,21,23)/t16-/m0/s1. The number of rotatable bonds is 7. The van der Waals surface area contributed by atoms with Crippen LogP contribution < -0.4 is 5.32 Å². The number of aryl methyl sites for hydroxylation is 2. The number of hydrogen-bond donors (Lipinski definition) is 1. The highest BCUT2D eigenvalue weighted by Gasteiger charge is 2.23. The zero-order chi connectivity index (χ0) is 20.2. The Bertz CT molecular complexity index is 909. The molecule has 27 heavy (non-hydrogen) atoms. The predicted molar refractivity (Wildman–Crippen MR) is 111 cm³/mol. The molecule has 1 amide bonds. The molecule has 0 unspecified atom stereocenters. The normalized spacial score (nSPS) is 12.8. The summed E-state index contributed by atoms with van der Waals surface area (Å²) >= 11 is 1.54. The summed E-state index contributed by atoms with van der Waals surface area (Å²) in [6.07, 6.45) is 1.93. The fourth-order valence-corrected chi connectivity index (χ4v) is 4.15. The molecule has 0 bridgehead atoms. The van der Waals surface area contributed by atoms with E-state index in [1.165, 1.54) is 12.6 Å². The van der Waals surface area contributed by atoms with Gasteiger partial charge in [0.25, 0.3) is 0 Å². The predicted octanol–water partition coefficient (Wildman–Crippen LogP) is 3.52. The van der Waals surface area contributed by atoms with Crippen molar-refractivity contribution in [2.24, 2.45) is 0 Å². The van der Waals surface area contributed by atoms with Crippen molar-refractivity contribution in [3.63, 3.8) is 0 Å². The van der Waals surface area contributed by atoms with Crippen LogP contribution in [0.15, 0.2) is 52.3 Å². The van der Waals surface area contributed by atoms with Crippen LogP contribution in [0.3, 0.4) is 0 Å². The number of nitrogens with zero attached hydrogens (tertiary/aromatic N) is 1. The molecule has 0 spiro atoms. The zero-order valence-corrected chi connectivity index (χ0v) is 17.9. The van der Waals surface area contributed by atoms with Crippen LogP contribution in [-0.2, 0) is 14.8 Å². The lowest BCUT2D eigenvalue weighted by atomic mass is 10.0. The summed E-state index contributed by atoms with van der Waals surface area (Å²) < 4.78 is 26.4. The van der Waals surface area contributed by atoms with Crippen molar-refractivity contribution < 1.29 is 13.2 Å². The molecule has 0 fully saturated rings. The lowest BCUT2D eigenvalue weighted by Gasteiger charge is -2.20. The Balaban J connectivity index is 2.03. The van der Waals surface area contributed by atoms with Crippen LogP contribution in [0.5, 0.6) is 0 Å². The third-order valence-corrected chi connectivity index (χ3v) is 7.10. The van der Waals surface area contributed by atoms with Crippen LogP contribution in [0.25, 0.3) is 0 Å². The number of thioether (sulfide) groups is 1. The average molecular weight is 407 g/mol. The molecule has 7 heteroatoms. The minimum Gasteiger partial charge on any atom is -0.348 e. The Morgan fingerprint density at radius 2 is 1.74 bits per heavy atom. The van der Waals surface area contributed by atoms with Crippen LogP contribution in [-0.4, -0.2) is 38.5 Å². The molecule has 0 aliphatic heterocycles. The molecule has 1 atom stereocenters. The molecule has 2 aromatic carbocycles. The van der Waals surface area contributed by atoms with E-state index in [9.17, 15) is 13.2 Å². The molecule has 2 aromatic rings. The second kappa shape index (κ2) is 8.91. The van der Waals surface area contributed by atoms with E-state index in [1.54, 1.807) is 36.0 Å². The zero-order valence-electron chi connectivity index (χ0n) is 16.3. The summed E-state index contributed by atoms with van der Waals surface area (Å²) in [6, 6.07) is 12.5. The first-order chi connectivity index (χ1) is 12.6. The maximum absolute atomic E-state index is 12.6. The van der Waals surface area contributed by atoms with Gasteiger partial charge in [0, 0.05) is 11.9 Å². The maximum atomic E-state index is 12.6. The molecule has 2 rings (SSSR count). The maximum Gasteiger partial charge on any atom is 0.243 e. The largest absolute Gasteiger partial charge is 0.348 e. The van der Waals surface area contributed by atoms with Crippen LogP contribution in [0.1, 0.15) is 29.7 Å². The first kappa shape index (κ1) is 21.5. The van der Waals surface area contributed by atoms with Gasteiger partial charge < -0.3 is 5.32 Å². The molecular formula is C20H26N2O3S2. The molecule has 5 nitrogen and oxygen atoms in total. The Kier molecular flexibility index (Phi) is 7.08. The van der Waals surface area contributed by atoms with E-state index in [0.717, 1.165) is 20.3 Å². The van der Waals surface area contributed by atoms with Crippen molar-refractivity contribution in [2.45, 2.75) is 36.6 Å². The van der Waals surface area contributed by atoms with Gasteiger partial charge in [-0.2, -0.15) is 4.31 Å². The molecule has 146 valence electrons. The molecule has 0 heterocycles. The number of carbonyl (C=O) groups is 1. The molecule has 0 radical (unpaired) electrons. The molecule has 0 aliphatic carbocycles. The summed E-state index contributed by atoms with van der Waals surface area (Å²) in [7, 11) is -2.29. The van der Waals surface area contributed by atoms with Gasteiger partial charge in [0.05, 0.1) is 17.5 Å². The van der Waals surface area contributed by atoms with Gasteiger partial charge in [-0.15, -0.1) is 11.8 Å². The van der Waals surface area contributed by atoms with E-state index in [0.29, 0.717) is 0 Å². The summed E-state index contributed by atoms with van der Waals surface area (Å²) in [6.45, 7) is 5.71. The van der Waals surface area contributed by atoms with Crippen LogP contribution in [0.2, 0.25) is 0 Å². The van der Waals surface area contributed by atoms with Gasteiger partial charge in [0.1, 0.15) is 0 Å². The number of amides is 1. The Morgan fingerprint density at radius 3 is 2.30 bits per heavy atom. The van der Waals surface area contributed by atoms with E-state index in [4.69, 9.17) is 0 Å². The first-order valence-electron chi connectivity index (χ1n) is 8.62. The summed E-state index contributed by atoms with van der Waals surface area (Å²) in [5.74, 6) is -0.340. The molecule has 0 aliphatic rings. The van der Waals surface area contributed by atoms with Gasteiger partial charge in [-0.1, -0.05) is 18.2 Å². The topological polar surface area (TPSA) is 66.5 Å². The van der Waals surface area contributed by atoms with E-state index in [1.807, 2.05) is 45.2 Å². The minimum atomic E-state index is -3.71. The van der Waals surface area contributed by atoms with E-state index in [2.05, 4.69) is 5.32 Å².